The van der Waals surface area contributed by atoms with Crippen LogP contribution in [0.1, 0.15) is 12.8 Å². The Morgan fingerprint density at radius 1 is 1.47 bits per heavy atom. The van der Waals surface area contributed by atoms with Gasteiger partial charge in [0.05, 0.1) is 5.75 Å². The highest BCUT2D eigenvalue weighted by atomic mass is 32.2. The number of carboxylic acids is 1. The number of rotatable bonds is 8. The molecule has 0 unspecified atom stereocenters. The number of nitrogens with zero attached hydrogens (tertiary/aromatic N) is 3. The quantitative estimate of drug-likeness (QED) is 0.544. The Balaban J connectivity index is 2.50. The van der Waals surface area contributed by atoms with Crippen LogP contribution in [-0.2, 0) is 11.3 Å². The summed E-state index contributed by atoms with van der Waals surface area (Å²) in [5.74, 6) is 0.565. The molecule has 6 nitrogen and oxygen atoms in total. The van der Waals surface area contributed by atoms with Crippen LogP contribution in [0.25, 0.3) is 0 Å². The number of nitrogens with two attached hydrogens (primary N) is 1. The van der Waals surface area contributed by atoms with E-state index in [1.165, 1.54) is 0 Å². The van der Waals surface area contributed by atoms with Crippen LogP contribution in [0, 0.1) is 0 Å². The molecule has 0 spiro atoms. The van der Waals surface area contributed by atoms with E-state index >= 15 is 0 Å². The summed E-state index contributed by atoms with van der Waals surface area (Å²) in [5.41, 5.74) is 5.69. The van der Waals surface area contributed by atoms with E-state index in [1.54, 1.807) is 16.3 Å². The highest BCUT2D eigenvalue weighted by Gasteiger charge is 2.11. The maximum atomic E-state index is 10.5. The van der Waals surface area contributed by atoms with E-state index in [0.717, 1.165) is 36.9 Å². The van der Waals surface area contributed by atoms with Crippen molar-refractivity contribution in [3.8, 4) is 0 Å². The molecule has 0 atom stereocenters. The summed E-state index contributed by atoms with van der Waals surface area (Å²) in [6.07, 6.45) is 4.16. The van der Waals surface area contributed by atoms with Crippen molar-refractivity contribution in [2.75, 3.05) is 23.5 Å². The van der Waals surface area contributed by atoms with Crippen LogP contribution in [-0.4, -0.2) is 43.6 Å². The summed E-state index contributed by atoms with van der Waals surface area (Å²) in [4.78, 5) is 10.5. The maximum Gasteiger partial charge on any atom is 0.313 e. The number of anilines is 1. The second-order valence-corrected chi connectivity index (χ2v) is 5.30. The van der Waals surface area contributed by atoms with Crippen LogP contribution < -0.4 is 5.73 Å². The van der Waals surface area contributed by atoms with Gasteiger partial charge in [0.2, 0.25) is 5.95 Å². The van der Waals surface area contributed by atoms with Gasteiger partial charge in [0.25, 0.3) is 0 Å². The second kappa shape index (κ2) is 7.44. The van der Waals surface area contributed by atoms with Gasteiger partial charge in [-0.15, -0.1) is 10.2 Å². The van der Waals surface area contributed by atoms with Gasteiger partial charge in [-0.25, -0.2) is 0 Å². The lowest BCUT2D eigenvalue weighted by molar-refractivity contribution is -0.133. The first-order valence-corrected chi connectivity index (χ1v) is 7.55. The summed E-state index contributed by atoms with van der Waals surface area (Å²) in [6.45, 7) is 0.737. The number of nitrogen functional groups attached to an aromatic ring is 1. The smallest absolute Gasteiger partial charge is 0.313 e. The van der Waals surface area contributed by atoms with E-state index in [0.29, 0.717) is 11.1 Å². The van der Waals surface area contributed by atoms with Gasteiger partial charge in [-0.2, -0.15) is 11.8 Å². The van der Waals surface area contributed by atoms with Crippen molar-refractivity contribution >= 4 is 35.4 Å². The molecule has 1 heterocycles. The van der Waals surface area contributed by atoms with E-state index in [2.05, 4.69) is 16.5 Å². The molecule has 1 aromatic rings. The number of carbonyl (C=O) groups is 1. The Morgan fingerprint density at radius 2 is 2.24 bits per heavy atom. The topological polar surface area (TPSA) is 94.0 Å². The molecule has 0 aliphatic carbocycles. The van der Waals surface area contributed by atoms with Gasteiger partial charge in [0.15, 0.2) is 5.16 Å². The van der Waals surface area contributed by atoms with Crippen molar-refractivity contribution in [1.82, 2.24) is 14.8 Å². The number of hydrogen-bond donors (Lipinski definition) is 2. The summed E-state index contributed by atoms with van der Waals surface area (Å²) in [6, 6.07) is 0. The number of aliphatic carboxylic acids is 1. The number of aromatic nitrogens is 3. The Morgan fingerprint density at radius 3 is 2.88 bits per heavy atom. The van der Waals surface area contributed by atoms with Crippen LogP contribution in [0.2, 0.25) is 0 Å². The van der Waals surface area contributed by atoms with Crippen molar-refractivity contribution in [3.63, 3.8) is 0 Å². The molecule has 1 rings (SSSR count). The molecule has 0 radical (unpaired) electrons. The van der Waals surface area contributed by atoms with Crippen molar-refractivity contribution in [2.24, 2.45) is 0 Å². The zero-order valence-electron chi connectivity index (χ0n) is 9.63. The van der Waals surface area contributed by atoms with Gasteiger partial charge in [0.1, 0.15) is 0 Å². The fourth-order valence-electron chi connectivity index (χ4n) is 1.26. The van der Waals surface area contributed by atoms with Crippen molar-refractivity contribution < 1.29 is 9.90 Å². The van der Waals surface area contributed by atoms with Crippen molar-refractivity contribution in [2.45, 2.75) is 24.5 Å². The fraction of sp³-hybridized carbons (Fsp3) is 0.667. The minimum Gasteiger partial charge on any atom is -0.481 e. The molecule has 0 amide bonds. The third kappa shape index (κ3) is 4.86. The Labute approximate surface area is 108 Å². The van der Waals surface area contributed by atoms with E-state index < -0.39 is 5.97 Å². The van der Waals surface area contributed by atoms with Gasteiger partial charge >= 0.3 is 5.97 Å². The molecule has 0 aliphatic rings. The lowest BCUT2D eigenvalue weighted by Gasteiger charge is -2.06. The lowest BCUT2D eigenvalue weighted by atomic mass is 10.3. The van der Waals surface area contributed by atoms with E-state index in [-0.39, 0.29) is 5.75 Å². The molecule has 8 heteroatoms. The molecule has 0 bridgehead atoms. The Bertz CT molecular complexity index is 370. The van der Waals surface area contributed by atoms with Gasteiger partial charge in [0, 0.05) is 6.54 Å². The third-order valence-corrected chi connectivity index (χ3v) is 3.70. The largest absolute Gasteiger partial charge is 0.481 e. The van der Waals surface area contributed by atoms with Crippen molar-refractivity contribution in [3.05, 3.63) is 0 Å². The number of thioether (sulfide) groups is 2. The molecule has 96 valence electrons. The Hall–Kier alpha value is -0.890. The molecule has 0 saturated carbocycles. The standard InChI is InChI=1S/C9H16N4O2S2/c1-16-5-3-2-4-13-8(10)11-12-9(13)17-6-7(14)15/h2-6H2,1H3,(H2,10,11)(H,14,15). The van der Waals surface area contributed by atoms with Crippen LogP contribution >= 0.6 is 23.5 Å². The first kappa shape index (κ1) is 14.2. The predicted octanol–water partition coefficient (Wildman–Crippen LogP) is 1.18. The highest BCUT2D eigenvalue weighted by Crippen LogP contribution is 2.18. The van der Waals surface area contributed by atoms with E-state index in [9.17, 15) is 4.79 Å². The summed E-state index contributed by atoms with van der Waals surface area (Å²) < 4.78 is 1.77. The first-order valence-electron chi connectivity index (χ1n) is 5.17. The monoisotopic (exact) mass is 276 g/mol. The first-order chi connectivity index (χ1) is 8.15. The van der Waals surface area contributed by atoms with Gasteiger partial charge < -0.3 is 10.8 Å². The molecular weight excluding hydrogens is 260 g/mol. The second-order valence-electron chi connectivity index (χ2n) is 3.37. The SMILES string of the molecule is CSCCCCn1c(N)nnc1SCC(=O)O. The average Bonchev–Trinajstić information content (AvgIpc) is 2.63. The third-order valence-electron chi connectivity index (χ3n) is 2.05. The van der Waals surface area contributed by atoms with E-state index in [1.807, 2.05) is 0 Å². The van der Waals surface area contributed by atoms with Gasteiger partial charge in [-0.05, 0) is 24.9 Å². The minimum atomic E-state index is -0.870. The van der Waals surface area contributed by atoms with E-state index in [4.69, 9.17) is 10.8 Å². The molecule has 0 aliphatic heterocycles. The fourth-order valence-corrected chi connectivity index (χ4v) is 2.44. The Kier molecular flexibility index (Phi) is 6.20. The van der Waals surface area contributed by atoms with Gasteiger partial charge in [-0.3, -0.25) is 9.36 Å². The molecular formula is C9H16N4O2S2. The summed E-state index contributed by atoms with van der Waals surface area (Å²) in [7, 11) is 0. The van der Waals surface area contributed by atoms with Gasteiger partial charge in [-0.1, -0.05) is 11.8 Å². The summed E-state index contributed by atoms with van der Waals surface area (Å²) in [5, 5.41) is 16.8. The van der Waals surface area contributed by atoms with Crippen molar-refractivity contribution in [1.29, 1.82) is 0 Å². The lowest BCUT2D eigenvalue weighted by Crippen LogP contribution is -2.07. The molecule has 0 fully saturated rings. The summed E-state index contributed by atoms with van der Waals surface area (Å²) >= 11 is 2.95. The molecule has 0 saturated heterocycles. The number of carboxylic acid groups (broad SMARTS) is 1. The molecule has 3 N–H and O–H groups in total. The highest BCUT2D eigenvalue weighted by molar-refractivity contribution is 7.99. The minimum absolute atomic E-state index is 0.0249. The van der Waals surface area contributed by atoms with Crippen LogP contribution in [0.3, 0.4) is 0 Å². The molecule has 0 aromatic carbocycles. The van der Waals surface area contributed by atoms with Crippen LogP contribution in [0.15, 0.2) is 5.16 Å². The predicted molar refractivity (Wildman–Crippen MR) is 70.4 cm³/mol. The van der Waals surface area contributed by atoms with Crippen LogP contribution in [0.4, 0.5) is 5.95 Å². The normalized spacial score (nSPS) is 10.6. The average molecular weight is 276 g/mol. The molecule has 1 aromatic heterocycles. The molecule has 17 heavy (non-hydrogen) atoms. The zero-order valence-corrected chi connectivity index (χ0v) is 11.3. The number of unbranched alkanes of at least 4 members (excludes halogenated alkanes) is 1. The maximum absolute atomic E-state index is 10.5. The van der Waals surface area contributed by atoms with Crippen LogP contribution in [0.5, 0.6) is 0 Å². The zero-order chi connectivity index (χ0) is 12.7. The number of hydrogen-bond acceptors (Lipinski definition) is 6.